The van der Waals surface area contributed by atoms with Crippen molar-refractivity contribution >= 4 is 5.91 Å². The lowest BCUT2D eigenvalue weighted by molar-refractivity contribution is -0.129. The van der Waals surface area contributed by atoms with E-state index in [-0.39, 0.29) is 5.91 Å². The molecule has 2 aliphatic heterocycles. The minimum Gasteiger partial charge on any atom is -0.492 e. The third-order valence-electron chi connectivity index (χ3n) is 5.06. The molecule has 1 atom stereocenters. The molecule has 2 N–H and O–H groups in total. The summed E-state index contributed by atoms with van der Waals surface area (Å²) >= 11 is 0. The molecule has 0 radical (unpaired) electrons. The van der Waals surface area contributed by atoms with Crippen molar-refractivity contribution in [1.82, 2.24) is 9.80 Å². The molecule has 1 amide bonds. The number of ether oxygens (including phenoxy) is 1. The third kappa shape index (κ3) is 4.48. The maximum absolute atomic E-state index is 12.6. The monoisotopic (exact) mass is 331 g/mol. The van der Waals surface area contributed by atoms with E-state index in [4.69, 9.17) is 10.5 Å². The van der Waals surface area contributed by atoms with Gasteiger partial charge < -0.3 is 15.4 Å². The summed E-state index contributed by atoms with van der Waals surface area (Å²) in [4.78, 5) is 17.2. The first kappa shape index (κ1) is 17.2. The van der Waals surface area contributed by atoms with E-state index in [1.54, 1.807) is 0 Å². The van der Waals surface area contributed by atoms with Crippen molar-refractivity contribution in [3.05, 3.63) is 29.8 Å². The molecular formula is C19H29N3O2. The lowest BCUT2D eigenvalue weighted by Gasteiger charge is -2.32. The molecule has 2 fully saturated rings. The fourth-order valence-corrected chi connectivity index (χ4v) is 3.76. The smallest absolute Gasteiger partial charge is 0.227 e. The van der Waals surface area contributed by atoms with Gasteiger partial charge in [-0.1, -0.05) is 18.6 Å². The SMILES string of the molecule is NCCOc1cccc(CC(=O)N2CC[C@@H](N3CCCCC3)C2)c1. The van der Waals surface area contributed by atoms with Gasteiger partial charge in [0.1, 0.15) is 12.4 Å². The molecular weight excluding hydrogens is 302 g/mol. The molecule has 5 nitrogen and oxygen atoms in total. The van der Waals surface area contributed by atoms with Crippen molar-refractivity contribution in [3.63, 3.8) is 0 Å². The maximum atomic E-state index is 12.6. The molecule has 5 heteroatoms. The molecule has 2 aliphatic rings. The van der Waals surface area contributed by atoms with E-state index in [0.717, 1.165) is 30.8 Å². The van der Waals surface area contributed by atoms with E-state index in [1.165, 1.54) is 32.4 Å². The van der Waals surface area contributed by atoms with Gasteiger partial charge in [0.15, 0.2) is 0 Å². The van der Waals surface area contributed by atoms with Crippen LogP contribution in [0.25, 0.3) is 0 Å². The van der Waals surface area contributed by atoms with Gasteiger partial charge in [-0.05, 0) is 50.0 Å². The van der Waals surface area contributed by atoms with Crippen molar-refractivity contribution in [2.45, 2.75) is 38.1 Å². The number of hydrogen-bond acceptors (Lipinski definition) is 4. The summed E-state index contributed by atoms with van der Waals surface area (Å²) in [6, 6.07) is 8.35. The van der Waals surface area contributed by atoms with Gasteiger partial charge in [-0.25, -0.2) is 0 Å². The fraction of sp³-hybridized carbons (Fsp3) is 0.632. The molecule has 0 spiro atoms. The number of likely N-dealkylation sites (tertiary alicyclic amines) is 2. The van der Waals surface area contributed by atoms with Crippen LogP contribution >= 0.6 is 0 Å². The number of nitrogens with two attached hydrogens (primary N) is 1. The van der Waals surface area contributed by atoms with Gasteiger partial charge >= 0.3 is 0 Å². The average molecular weight is 331 g/mol. The summed E-state index contributed by atoms with van der Waals surface area (Å²) in [5, 5.41) is 0. The molecule has 1 aromatic rings. The Labute approximate surface area is 144 Å². The Morgan fingerprint density at radius 2 is 2.04 bits per heavy atom. The van der Waals surface area contributed by atoms with Gasteiger partial charge in [-0.15, -0.1) is 0 Å². The number of hydrogen-bond donors (Lipinski definition) is 1. The van der Waals surface area contributed by atoms with Gasteiger partial charge in [-0.2, -0.15) is 0 Å². The van der Waals surface area contributed by atoms with Gasteiger partial charge in [0.2, 0.25) is 5.91 Å². The van der Waals surface area contributed by atoms with E-state index in [1.807, 2.05) is 29.2 Å². The highest BCUT2D eigenvalue weighted by Gasteiger charge is 2.30. The van der Waals surface area contributed by atoms with Crippen molar-refractivity contribution < 1.29 is 9.53 Å². The van der Waals surface area contributed by atoms with Crippen molar-refractivity contribution in [1.29, 1.82) is 0 Å². The van der Waals surface area contributed by atoms with E-state index in [9.17, 15) is 4.79 Å². The Morgan fingerprint density at radius 1 is 1.21 bits per heavy atom. The molecule has 2 saturated heterocycles. The van der Waals surface area contributed by atoms with Crippen LogP contribution in [0.3, 0.4) is 0 Å². The van der Waals surface area contributed by atoms with Crippen LogP contribution in [0, 0.1) is 0 Å². The second-order valence-electron chi connectivity index (χ2n) is 6.84. The summed E-state index contributed by atoms with van der Waals surface area (Å²) in [6.07, 6.45) is 5.53. The summed E-state index contributed by atoms with van der Waals surface area (Å²) < 4.78 is 5.54. The second-order valence-corrected chi connectivity index (χ2v) is 6.84. The molecule has 0 saturated carbocycles. The first-order valence-corrected chi connectivity index (χ1v) is 9.20. The zero-order valence-electron chi connectivity index (χ0n) is 14.5. The number of amides is 1. The number of piperidine rings is 1. The quantitative estimate of drug-likeness (QED) is 0.861. The summed E-state index contributed by atoms with van der Waals surface area (Å²) in [5.41, 5.74) is 6.47. The summed E-state index contributed by atoms with van der Waals surface area (Å²) in [5.74, 6) is 1.02. The van der Waals surface area contributed by atoms with Crippen LogP contribution in [-0.2, 0) is 11.2 Å². The summed E-state index contributed by atoms with van der Waals surface area (Å²) in [6.45, 7) is 5.18. The number of carbonyl (C=O) groups excluding carboxylic acids is 1. The van der Waals surface area contributed by atoms with Crippen LogP contribution < -0.4 is 10.5 Å². The van der Waals surface area contributed by atoms with E-state index < -0.39 is 0 Å². The van der Waals surface area contributed by atoms with Crippen LogP contribution in [0.5, 0.6) is 5.75 Å². The van der Waals surface area contributed by atoms with Crippen LogP contribution in [0.15, 0.2) is 24.3 Å². The molecule has 3 rings (SSSR count). The van der Waals surface area contributed by atoms with Gasteiger partial charge in [0.25, 0.3) is 0 Å². The van der Waals surface area contributed by atoms with Crippen molar-refractivity contribution in [3.8, 4) is 5.75 Å². The Balaban J connectivity index is 1.52. The highest BCUT2D eigenvalue weighted by Crippen LogP contribution is 2.21. The molecule has 2 heterocycles. The lowest BCUT2D eigenvalue weighted by Crippen LogP contribution is -2.41. The first-order valence-electron chi connectivity index (χ1n) is 9.20. The molecule has 0 aromatic heterocycles. The minimum atomic E-state index is 0.227. The highest BCUT2D eigenvalue weighted by atomic mass is 16.5. The van der Waals surface area contributed by atoms with Gasteiger partial charge in [0, 0.05) is 25.7 Å². The summed E-state index contributed by atoms with van der Waals surface area (Å²) in [7, 11) is 0. The van der Waals surface area contributed by atoms with Gasteiger partial charge in [-0.3, -0.25) is 9.69 Å². The highest BCUT2D eigenvalue weighted by molar-refractivity contribution is 5.79. The Morgan fingerprint density at radius 3 is 2.83 bits per heavy atom. The molecule has 1 aromatic carbocycles. The molecule has 0 unspecified atom stereocenters. The number of rotatable bonds is 6. The predicted molar refractivity (Wildman–Crippen MR) is 95.1 cm³/mol. The van der Waals surface area contributed by atoms with Crippen LogP contribution in [0.2, 0.25) is 0 Å². The van der Waals surface area contributed by atoms with Crippen LogP contribution in [0.4, 0.5) is 0 Å². The maximum Gasteiger partial charge on any atom is 0.227 e. The fourth-order valence-electron chi connectivity index (χ4n) is 3.76. The number of benzene rings is 1. The van der Waals surface area contributed by atoms with Crippen molar-refractivity contribution in [2.75, 3.05) is 39.3 Å². The minimum absolute atomic E-state index is 0.227. The largest absolute Gasteiger partial charge is 0.492 e. The van der Waals surface area contributed by atoms with Crippen LogP contribution in [-0.4, -0.2) is 61.1 Å². The van der Waals surface area contributed by atoms with E-state index in [2.05, 4.69) is 4.90 Å². The Kier molecular flexibility index (Phi) is 6.10. The molecule has 132 valence electrons. The van der Waals surface area contributed by atoms with Gasteiger partial charge in [0.05, 0.1) is 6.42 Å². The first-order chi connectivity index (χ1) is 11.8. The predicted octanol–water partition coefficient (Wildman–Crippen LogP) is 1.65. The zero-order chi connectivity index (χ0) is 16.8. The third-order valence-corrected chi connectivity index (χ3v) is 5.06. The van der Waals surface area contributed by atoms with Crippen LogP contribution in [0.1, 0.15) is 31.2 Å². The van der Waals surface area contributed by atoms with E-state index in [0.29, 0.717) is 25.6 Å². The number of carbonyl (C=O) groups is 1. The molecule has 24 heavy (non-hydrogen) atoms. The topological polar surface area (TPSA) is 58.8 Å². The number of nitrogens with zero attached hydrogens (tertiary/aromatic N) is 2. The Bertz CT molecular complexity index is 543. The van der Waals surface area contributed by atoms with E-state index >= 15 is 0 Å². The molecule has 0 aliphatic carbocycles. The standard InChI is InChI=1S/C19H29N3O2/c20-8-12-24-18-6-4-5-16(13-18)14-19(23)22-11-7-17(15-22)21-9-2-1-3-10-21/h4-6,13,17H,1-3,7-12,14-15,20H2/t17-/m1/s1. The second kappa shape index (κ2) is 8.49. The normalized spacial score (nSPS) is 21.9. The molecule has 0 bridgehead atoms. The van der Waals surface area contributed by atoms with Crippen molar-refractivity contribution in [2.24, 2.45) is 5.73 Å². The average Bonchev–Trinajstić information content (AvgIpc) is 3.11. The Hall–Kier alpha value is -1.59. The lowest BCUT2D eigenvalue weighted by atomic mass is 10.1. The zero-order valence-corrected chi connectivity index (χ0v) is 14.5.